The van der Waals surface area contributed by atoms with E-state index in [-0.39, 0.29) is 11.3 Å². The monoisotopic (exact) mass is 453 g/mol. The van der Waals surface area contributed by atoms with Crippen molar-refractivity contribution in [3.8, 4) is 5.75 Å². The van der Waals surface area contributed by atoms with Gasteiger partial charge in [0.25, 0.3) is 11.5 Å². The largest absolute Gasteiger partial charge is 0.497 e. The fraction of sp³-hybridized carbons (Fsp3) is 0.391. The molecule has 0 saturated carbocycles. The normalized spacial score (nSPS) is 16.6. The number of hydrogen-bond acceptors (Lipinski definition) is 7. The van der Waals surface area contributed by atoms with Crippen molar-refractivity contribution >= 4 is 22.4 Å². The second-order valence-corrected chi connectivity index (χ2v) is 9.12. The van der Waals surface area contributed by atoms with E-state index >= 15 is 0 Å². The van der Waals surface area contributed by atoms with E-state index in [1.54, 1.807) is 7.11 Å². The first kappa shape index (κ1) is 22.2. The number of carbonyl (C=O) groups is 1. The molecule has 0 spiro atoms. The molecule has 1 aromatic carbocycles. The van der Waals surface area contributed by atoms with Crippen molar-refractivity contribution in [2.45, 2.75) is 45.2 Å². The molecule has 1 amide bonds. The summed E-state index contributed by atoms with van der Waals surface area (Å²) in [6, 6.07) is 9.24. The Kier molecular flexibility index (Phi) is 6.96. The molecule has 1 aliphatic rings. The summed E-state index contributed by atoms with van der Waals surface area (Å²) in [4.78, 5) is 39.8. The lowest BCUT2D eigenvalue weighted by atomic mass is 10.0. The number of carbonyl (C=O) groups excluding carboxylic acids is 1. The number of nitrogens with zero attached hydrogens (tertiary/aromatic N) is 3. The van der Waals surface area contributed by atoms with Crippen LogP contribution in [-0.4, -0.2) is 45.5 Å². The maximum Gasteiger partial charge on any atom is 0.276 e. The zero-order chi connectivity index (χ0) is 22.5. The molecule has 0 aliphatic carbocycles. The van der Waals surface area contributed by atoms with Crippen LogP contribution in [0.3, 0.4) is 0 Å². The van der Waals surface area contributed by atoms with Gasteiger partial charge < -0.3 is 9.72 Å². The number of anilines is 1. The molecule has 1 saturated heterocycles. The first-order valence-electron chi connectivity index (χ1n) is 10.7. The van der Waals surface area contributed by atoms with E-state index in [2.05, 4.69) is 32.1 Å². The van der Waals surface area contributed by atoms with Gasteiger partial charge in [0.2, 0.25) is 0 Å². The second kappa shape index (κ2) is 10.1. The minimum atomic E-state index is -0.445. The topological polar surface area (TPSA) is 100 Å². The number of amides is 1. The van der Waals surface area contributed by atoms with E-state index in [1.807, 2.05) is 30.5 Å². The van der Waals surface area contributed by atoms with Crippen molar-refractivity contribution < 1.29 is 9.53 Å². The molecule has 8 nitrogen and oxygen atoms in total. The third-order valence-corrected chi connectivity index (χ3v) is 6.53. The predicted octanol–water partition coefficient (Wildman–Crippen LogP) is 3.45. The summed E-state index contributed by atoms with van der Waals surface area (Å²) in [6.45, 7) is 4.18. The molecule has 3 aromatic rings. The van der Waals surface area contributed by atoms with Crippen molar-refractivity contribution in [2.24, 2.45) is 0 Å². The SMILES string of the molecule is COc1ccc(Cc2nc(C(=O)Nc3ncc(CN4CCCCC4C)s3)cc(=O)[nH]2)cc1. The molecule has 3 heterocycles. The highest BCUT2D eigenvalue weighted by Gasteiger charge is 2.20. The van der Waals surface area contributed by atoms with Gasteiger partial charge in [0, 0.05) is 36.1 Å². The van der Waals surface area contributed by atoms with E-state index in [0.29, 0.717) is 23.4 Å². The number of H-pyrrole nitrogens is 1. The van der Waals surface area contributed by atoms with Gasteiger partial charge in [-0.05, 0) is 44.0 Å². The van der Waals surface area contributed by atoms with Gasteiger partial charge in [-0.1, -0.05) is 18.6 Å². The summed E-state index contributed by atoms with van der Waals surface area (Å²) in [5, 5.41) is 3.29. The fourth-order valence-electron chi connectivity index (χ4n) is 3.84. The molecule has 1 atom stereocenters. The fourth-order valence-corrected chi connectivity index (χ4v) is 4.67. The Morgan fingerprint density at radius 3 is 2.88 bits per heavy atom. The third kappa shape index (κ3) is 5.60. The van der Waals surface area contributed by atoms with Gasteiger partial charge in [-0.25, -0.2) is 9.97 Å². The number of aromatic amines is 1. The van der Waals surface area contributed by atoms with Crippen LogP contribution in [0.5, 0.6) is 5.75 Å². The average molecular weight is 454 g/mol. The first-order valence-corrected chi connectivity index (χ1v) is 11.5. The van der Waals surface area contributed by atoms with Crippen LogP contribution >= 0.6 is 11.3 Å². The van der Waals surface area contributed by atoms with E-state index in [9.17, 15) is 9.59 Å². The molecule has 2 N–H and O–H groups in total. The summed E-state index contributed by atoms with van der Waals surface area (Å²) in [7, 11) is 1.61. The highest BCUT2D eigenvalue weighted by Crippen LogP contribution is 2.24. The van der Waals surface area contributed by atoms with Crippen LogP contribution < -0.4 is 15.6 Å². The van der Waals surface area contributed by atoms with Crippen molar-refractivity contribution in [3.63, 3.8) is 0 Å². The van der Waals surface area contributed by atoms with Gasteiger partial charge in [0.05, 0.1) is 7.11 Å². The number of piperidine rings is 1. The lowest BCUT2D eigenvalue weighted by molar-refractivity contribution is 0.102. The minimum Gasteiger partial charge on any atom is -0.497 e. The Balaban J connectivity index is 1.42. The number of ether oxygens (including phenoxy) is 1. The molecule has 1 unspecified atom stereocenters. The van der Waals surface area contributed by atoms with Crippen LogP contribution in [0.25, 0.3) is 0 Å². The Morgan fingerprint density at radius 1 is 1.31 bits per heavy atom. The predicted molar refractivity (Wildman–Crippen MR) is 124 cm³/mol. The van der Waals surface area contributed by atoms with E-state index in [0.717, 1.165) is 29.3 Å². The van der Waals surface area contributed by atoms with Gasteiger partial charge >= 0.3 is 0 Å². The summed E-state index contributed by atoms with van der Waals surface area (Å²) in [5.41, 5.74) is 0.647. The quantitative estimate of drug-likeness (QED) is 0.568. The van der Waals surface area contributed by atoms with Crippen molar-refractivity contribution in [1.82, 2.24) is 19.9 Å². The number of hydrogen-bond donors (Lipinski definition) is 2. The molecule has 4 rings (SSSR count). The Morgan fingerprint density at radius 2 is 2.12 bits per heavy atom. The number of likely N-dealkylation sites (tertiary alicyclic amines) is 1. The van der Waals surface area contributed by atoms with Crippen LogP contribution in [0.4, 0.5) is 5.13 Å². The standard InChI is InChI=1S/C23H27N5O3S/c1-15-5-3-4-10-28(15)14-18-13-24-23(32-18)27-22(30)19-12-21(29)26-20(25-19)11-16-6-8-17(31-2)9-7-16/h6-9,12-13,15H,3-5,10-11,14H2,1-2H3,(H,24,27,30)(H,25,26,29). The van der Waals surface area contributed by atoms with Crippen molar-refractivity contribution in [2.75, 3.05) is 19.0 Å². The highest BCUT2D eigenvalue weighted by molar-refractivity contribution is 7.15. The lowest BCUT2D eigenvalue weighted by Crippen LogP contribution is -2.36. The Hall–Kier alpha value is -3.04. The molecular weight excluding hydrogens is 426 g/mol. The molecule has 1 fully saturated rings. The number of nitrogens with one attached hydrogen (secondary N) is 2. The minimum absolute atomic E-state index is 0.0682. The molecule has 0 bridgehead atoms. The Labute approximate surface area is 190 Å². The van der Waals surface area contributed by atoms with Crippen LogP contribution in [0.2, 0.25) is 0 Å². The summed E-state index contributed by atoms with van der Waals surface area (Å²) in [6.07, 6.45) is 5.93. The summed E-state index contributed by atoms with van der Waals surface area (Å²) in [5.74, 6) is 0.729. The zero-order valence-corrected chi connectivity index (χ0v) is 19.1. The van der Waals surface area contributed by atoms with Gasteiger partial charge in [0.1, 0.15) is 17.3 Å². The molecular formula is C23H27N5O3S. The molecule has 1 aliphatic heterocycles. The Bertz CT molecular complexity index is 1130. The molecule has 2 aromatic heterocycles. The number of rotatable bonds is 7. The molecule has 0 radical (unpaired) electrons. The maximum atomic E-state index is 12.7. The maximum absolute atomic E-state index is 12.7. The van der Waals surface area contributed by atoms with Crippen LogP contribution in [0, 0.1) is 0 Å². The van der Waals surface area contributed by atoms with Gasteiger partial charge in [-0.15, -0.1) is 11.3 Å². The second-order valence-electron chi connectivity index (χ2n) is 8.00. The first-order chi connectivity index (χ1) is 15.5. The van der Waals surface area contributed by atoms with Crippen LogP contribution in [-0.2, 0) is 13.0 Å². The average Bonchev–Trinajstić information content (AvgIpc) is 3.22. The van der Waals surface area contributed by atoms with Crippen LogP contribution in [0.15, 0.2) is 41.3 Å². The van der Waals surface area contributed by atoms with E-state index in [1.165, 1.54) is 36.7 Å². The number of methoxy groups -OCH3 is 1. The molecule has 168 valence electrons. The zero-order valence-electron chi connectivity index (χ0n) is 18.3. The molecule has 9 heteroatoms. The smallest absolute Gasteiger partial charge is 0.276 e. The van der Waals surface area contributed by atoms with E-state index < -0.39 is 5.91 Å². The van der Waals surface area contributed by atoms with Gasteiger partial charge in [-0.3, -0.25) is 19.8 Å². The van der Waals surface area contributed by atoms with Crippen molar-refractivity contribution in [3.05, 3.63) is 68.8 Å². The number of thiazole rings is 1. The molecule has 32 heavy (non-hydrogen) atoms. The van der Waals surface area contributed by atoms with Crippen LogP contribution in [0.1, 0.15) is 52.9 Å². The summed E-state index contributed by atoms with van der Waals surface area (Å²) < 4.78 is 5.16. The highest BCUT2D eigenvalue weighted by atomic mass is 32.1. The number of benzene rings is 1. The summed E-state index contributed by atoms with van der Waals surface area (Å²) >= 11 is 1.46. The van der Waals surface area contributed by atoms with Gasteiger partial charge in [-0.2, -0.15) is 0 Å². The lowest BCUT2D eigenvalue weighted by Gasteiger charge is -2.32. The van der Waals surface area contributed by atoms with Gasteiger partial charge in [0.15, 0.2) is 5.13 Å². The third-order valence-electron chi connectivity index (χ3n) is 5.63. The van der Waals surface area contributed by atoms with E-state index in [4.69, 9.17) is 4.74 Å². The number of aromatic nitrogens is 3. The van der Waals surface area contributed by atoms with Crippen molar-refractivity contribution in [1.29, 1.82) is 0 Å².